The summed E-state index contributed by atoms with van der Waals surface area (Å²) < 4.78 is 53.6. The summed E-state index contributed by atoms with van der Waals surface area (Å²) in [6.45, 7) is 10.9. The summed E-state index contributed by atoms with van der Waals surface area (Å²) in [4.78, 5) is 26.8. The number of rotatable bonds is 8. The Morgan fingerprint density at radius 1 is 0.438 bits per heavy atom. The van der Waals surface area contributed by atoms with E-state index in [0.717, 1.165) is 58.2 Å². The topological polar surface area (TPSA) is 75.2 Å². The van der Waals surface area contributed by atoms with E-state index < -0.39 is 23.3 Å². The third-order valence-corrected chi connectivity index (χ3v) is 9.39. The molecule has 0 bridgehead atoms. The molecule has 0 aliphatic rings. The summed E-state index contributed by atoms with van der Waals surface area (Å²) >= 11 is 24.8. The van der Waals surface area contributed by atoms with Gasteiger partial charge in [-0.2, -0.15) is 0 Å². The van der Waals surface area contributed by atoms with E-state index >= 15 is 0 Å². The largest absolute Gasteiger partial charge is 2.00 e. The van der Waals surface area contributed by atoms with Gasteiger partial charge < -0.3 is 49.6 Å². The van der Waals surface area contributed by atoms with Gasteiger partial charge in [0.25, 0.3) is 0 Å². The minimum atomic E-state index is -0.778. The minimum Gasteiger partial charge on any atom is -1.00 e. The van der Waals surface area contributed by atoms with Crippen molar-refractivity contribution in [2.24, 2.45) is 20.0 Å². The zero-order chi connectivity index (χ0) is 42.3. The molecule has 20 heteroatoms. The van der Waals surface area contributed by atoms with Crippen LogP contribution in [-0.4, -0.2) is 32.8 Å². The van der Waals surface area contributed by atoms with Gasteiger partial charge in [0, 0.05) is 22.2 Å². The average molecular weight is 1120 g/mol. The van der Waals surface area contributed by atoms with E-state index in [1.54, 1.807) is 44.2 Å². The maximum atomic E-state index is 13.8. The summed E-state index contributed by atoms with van der Waals surface area (Å²) in [6.07, 6.45) is 0. The van der Waals surface area contributed by atoms with Crippen molar-refractivity contribution in [1.82, 2.24) is 9.97 Å². The zero-order valence-electron chi connectivity index (χ0n) is 34.2. The first-order valence-electron chi connectivity index (χ1n) is 17.5. The molecule has 2 aromatic heterocycles. The van der Waals surface area contributed by atoms with Crippen LogP contribution < -0.4 is 49.6 Å². The molecule has 0 aliphatic heterocycles. The van der Waals surface area contributed by atoms with Crippen molar-refractivity contribution in [3.63, 3.8) is 0 Å². The number of nitrogens with zero attached hydrogens (tertiary/aromatic N) is 6. The Balaban J connectivity index is 0. The van der Waals surface area contributed by atoms with Gasteiger partial charge in [0.05, 0.1) is 78.4 Å². The van der Waals surface area contributed by atoms with Gasteiger partial charge in [0.15, 0.2) is 11.6 Å². The molecule has 0 fully saturated rings. The van der Waals surface area contributed by atoms with Gasteiger partial charge in [0.1, 0.15) is 11.6 Å². The Hall–Kier alpha value is -3.06. The van der Waals surface area contributed by atoms with E-state index in [-0.39, 0.29) is 95.1 Å². The van der Waals surface area contributed by atoms with Crippen LogP contribution in [0.1, 0.15) is 61.6 Å². The molecule has 0 unspecified atom stereocenters. The van der Waals surface area contributed by atoms with Gasteiger partial charge in [-0.25, -0.2) is 47.5 Å². The monoisotopic (exact) mass is 1110 g/mol. The Morgan fingerprint density at radius 2 is 0.734 bits per heavy atom. The summed E-state index contributed by atoms with van der Waals surface area (Å²) in [6, 6.07) is 24.0. The predicted octanol–water partition coefficient (Wildman–Crippen LogP) is 2.52. The molecule has 0 spiro atoms. The van der Waals surface area contributed by atoms with E-state index in [2.05, 4.69) is 25.0 Å². The molecule has 0 atom stereocenters. The Morgan fingerprint density at radius 3 is 1.02 bits per heavy atom. The molecule has 0 amide bonds. The van der Waals surface area contributed by atoms with Crippen LogP contribution in [0.2, 0.25) is 20.1 Å². The van der Waals surface area contributed by atoms with Crippen LogP contribution in [0.25, 0.3) is 0 Å². The van der Waals surface area contributed by atoms with Crippen molar-refractivity contribution in [2.45, 2.75) is 41.5 Å². The van der Waals surface area contributed by atoms with Crippen molar-refractivity contribution < 1.29 is 101 Å². The SMILES string of the molecule is C/C(=N\c1c(C)cc(Cl)cc1Cl)c1cccc(/C(C)=N/c2c(C)cc(Cl)cc2Cl)n1.C/C(=N\c1ccc(F)cc1F)c1cccc(/C(C)=N/c2ccc(F)cc2F)n1.[Cl-].[Cl-].[Cl-].[Cl-].[Fe+2].[Fe+2]. The fraction of sp³-hybridized carbons (Fsp3) is 0.136. The number of hydrogen-bond acceptors (Lipinski definition) is 6. The third-order valence-electron chi connectivity index (χ3n) is 8.37. The van der Waals surface area contributed by atoms with E-state index in [0.29, 0.717) is 54.3 Å². The quantitative estimate of drug-likeness (QED) is 0.134. The number of pyridine rings is 2. The maximum Gasteiger partial charge on any atom is 2.00 e. The van der Waals surface area contributed by atoms with Gasteiger partial charge in [-0.05, 0) is 125 Å². The molecule has 0 saturated heterocycles. The van der Waals surface area contributed by atoms with E-state index in [4.69, 9.17) is 51.4 Å². The number of aromatic nitrogens is 2. The van der Waals surface area contributed by atoms with Gasteiger partial charge in [-0.15, -0.1) is 0 Å². The van der Waals surface area contributed by atoms with Crippen LogP contribution in [0.5, 0.6) is 0 Å². The fourth-order valence-electron chi connectivity index (χ4n) is 5.42. The van der Waals surface area contributed by atoms with Gasteiger partial charge >= 0.3 is 34.1 Å². The van der Waals surface area contributed by atoms with Crippen LogP contribution in [0.4, 0.5) is 40.3 Å². The third kappa shape index (κ3) is 17.3. The first-order valence-corrected chi connectivity index (χ1v) is 19.0. The second kappa shape index (κ2) is 28.9. The molecule has 0 aliphatic carbocycles. The summed E-state index contributed by atoms with van der Waals surface area (Å²) in [5, 5.41) is 2.16. The van der Waals surface area contributed by atoms with E-state index in [1.165, 1.54) is 12.1 Å². The second-order valence-corrected chi connectivity index (χ2v) is 14.6. The second-order valence-electron chi connectivity index (χ2n) is 12.9. The average Bonchev–Trinajstić information content (AvgIpc) is 3.17. The Kier molecular flexibility index (Phi) is 28.4. The standard InChI is InChI=1S/C23H19Cl4N3.C21H15F4N3.4ClH.2Fe/c1-12-8-16(24)10-18(26)22(12)28-14(3)20-6-5-7-21(30-20)15(4)29-23-13(2)9-17(25)11-19(23)27;1-12(26-20-8-6-14(22)10-16(20)24)18-4-3-5-19(28-18)13(2)27-21-9-7-15(23)11-17(21)25;;;;;;/h5-11H,1-4H3;3-11H,1-2H3;4*1H;;/q;;;;;;2*+2/p-4/b28-14+,29-15+;26-12+,27-13+;;;;;;. The summed E-state index contributed by atoms with van der Waals surface area (Å²) in [5.74, 6) is -2.93. The van der Waals surface area contributed by atoms with Crippen LogP contribution >= 0.6 is 46.4 Å². The van der Waals surface area contributed by atoms with E-state index in [1.807, 2.05) is 58.0 Å². The predicted molar refractivity (Wildman–Crippen MR) is 231 cm³/mol. The number of aryl methyl sites for hydroxylation is 2. The van der Waals surface area contributed by atoms with Crippen LogP contribution in [0, 0.1) is 37.1 Å². The van der Waals surface area contributed by atoms with E-state index in [9.17, 15) is 17.6 Å². The molecule has 0 N–H and O–H groups in total. The molecule has 0 saturated carbocycles. The molecule has 6 aromatic rings. The zero-order valence-corrected chi connectivity index (χ0v) is 42.4. The number of benzene rings is 4. The summed E-state index contributed by atoms with van der Waals surface area (Å²) in [5.41, 5.74) is 7.79. The van der Waals surface area contributed by atoms with Gasteiger partial charge in [0.2, 0.25) is 0 Å². The Labute approximate surface area is 435 Å². The molecule has 64 heavy (non-hydrogen) atoms. The normalized spacial score (nSPS) is 11.2. The smallest absolute Gasteiger partial charge is 1.00 e. The molecule has 6 rings (SSSR count). The first-order chi connectivity index (χ1) is 27.5. The Bertz CT molecular complexity index is 2450. The van der Waals surface area contributed by atoms with Crippen molar-refractivity contribution in [1.29, 1.82) is 0 Å². The first kappa shape index (κ1) is 63.0. The number of hydrogen-bond donors (Lipinski definition) is 0. The minimum absolute atomic E-state index is 0. The molecule has 340 valence electrons. The fourth-order valence-corrected chi connectivity index (χ4v) is 6.69. The van der Waals surface area contributed by atoms with Crippen LogP contribution in [0.15, 0.2) is 117 Å². The van der Waals surface area contributed by atoms with Crippen molar-refractivity contribution in [2.75, 3.05) is 0 Å². The van der Waals surface area contributed by atoms with Crippen LogP contribution in [-0.2, 0) is 34.1 Å². The van der Waals surface area contributed by atoms with Crippen molar-refractivity contribution in [3.8, 4) is 0 Å². The van der Waals surface area contributed by atoms with Crippen molar-refractivity contribution in [3.05, 3.63) is 174 Å². The molecule has 4 aromatic carbocycles. The molecule has 0 radical (unpaired) electrons. The maximum absolute atomic E-state index is 13.8. The van der Waals surface area contributed by atoms with Gasteiger partial charge in [-0.3, -0.25) is 0 Å². The number of aliphatic imine (C=N–C) groups is 4. The molecule has 2 heterocycles. The molecular formula is C44H34Cl8F4Fe2N6. The number of halogens is 12. The van der Waals surface area contributed by atoms with Gasteiger partial charge in [-0.1, -0.05) is 58.5 Å². The van der Waals surface area contributed by atoms with Crippen LogP contribution in [0.3, 0.4) is 0 Å². The summed E-state index contributed by atoms with van der Waals surface area (Å²) in [7, 11) is 0. The van der Waals surface area contributed by atoms with Crippen molar-refractivity contribution >= 4 is 92.0 Å². The molecule has 6 nitrogen and oxygen atoms in total. The molecular weight excluding hydrogens is 1080 g/mol.